The minimum absolute atomic E-state index is 0. The molecule has 1 N–H and O–H groups in total. The molecule has 0 spiro atoms. The van der Waals surface area contributed by atoms with Crippen LogP contribution in [-0.4, -0.2) is 51.3 Å². The van der Waals surface area contributed by atoms with Crippen LogP contribution in [0.2, 0.25) is 0 Å². The Labute approximate surface area is 127 Å². The zero-order valence-corrected chi connectivity index (χ0v) is 13.2. The van der Waals surface area contributed by atoms with Crippen molar-refractivity contribution in [1.29, 1.82) is 0 Å². The van der Waals surface area contributed by atoms with Gasteiger partial charge >= 0.3 is 0 Å². The lowest BCUT2D eigenvalue weighted by atomic mass is 10.2. The maximum atomic E-state index is 5.81. The fraction of sp³-hybridized carbons (Fsp3) is 0.600. The van der Waals surface area contributed by atoms with Gasteiger partial charge in [0.25, 0.3) is 0 Å². The van der Waals surface area contributed by atoms with Crippen LogP contribution in [0.5, 0.6) is 11.5 Å². The fourth-order valence-corrected chi connectivity index (χ4v) is 2.30. The molecule has 2 rings (SSSR count). The van der Waals surface area contributed by atoms with Crippen molar-refractivity contribution in [3.63, 3.8) is 0 Å². The van der Waals surface area contributed by atoms with Gasteiger partial charge in [-0.2, -0.15) is 0 Å². The van der Waals surface area contributed by atoms with E-state index in [0.717, 1.165) is 57.3 Å². The molecular formula is C15H25ClN2O2. The molecule has 4 nitrogen and oxygen atoms in total. The Morgan fingerprint density at radius 3 is 2.65 bits per heavy atom. The molecule has 1 saturated heterocycles. The number of hydrogen-bond acceptors (Lipinski definition) is 4. The number of nitrogens with zero attached hydrogens (tertiary/aromatic N) is 1. The van der Waals surface area contributed by atoms with Gasteiger partial charge < -0.3 is 19.7 Å². The molecule has 114 valence electrons. The Balaban J connectivity index is 0.00000200. The largest absolute Gasteiger partial charge is 0.493 e. The van der Waals surface area contributed by atoms with E-state index < -0.39 is 0 Å². The number of piperazine rings is 1. The first-order valence-corrected chi connectivity index (χ1v) is 7.00. The summed E-state index contributed by atoms with van der Waals surface area (Å²) in [5.41, 5.74) is 1.19. The molecule has 0 aliphatic carbocycles. The number of benzene rings is 1. The van der Waals surface area contributed by atoms with Crippen molar-refractivity contribution in [2.75, 3.05) is 46.4 Å². The van der Waals surface area contributed by atoms with E-state index in [4.69, 9.17) is 9.47 Å². The first-order valence-electron chi connectivity index (χ1n) is 7.00. The molecule has 1 aromatic carbocycles. The summed E-state index contributed by atoms with van der Waals surface area (Å²) in [6, 6.07) is 6.04. The van der Waals surface area contributed by atoms with Gasteiger partial charge in [-0.15, -0.1) is 12.4 Å². The van der Waals surface area contributed by atoms with Gasteiger partial charge in [0.1, 0.15) is 0 Å². The van der Waals surface area contributed by atoms with Crippen LogP contribution in [0.1, 0.15) is 12.0 Å². The molecule has 1 aliphatic heterocycles. The van der Waals surface area contributed by atoms with Crippen molar-refractivity contribution in [3.8, 4) is 11.5 Å². The summed E-state index contributed by atoms with van der Waals surface area (Å²) in [7, 11) is 1.68. The normalized spacial score (nSPS) is 15.5. The lowest BCUT2D eigenvalue weighted by Crippen LogP contribution is -2.43. The smallest absolute Gasteiger partial charge is 0.161 e. The van der Waals surface area contributed by atoms with E-state index in [0.29, 0.717) is 0 Å². The minimum Gasteiger partial charge on any atom is -0.493 e. The Bertz CT molecular complexity index is 395. The second-order valence-corrected chi connectivity index (χ2v) is 4.95. The van der Waals surface area contributed by atoms with E-state index in [2.05, 4.69) is 17.1 Å². The molecule has 0 aromatic heterocycles. The summed E-state index contributed by atoms with van der Waals surface area (Å²) in [6.07, 6.45) is 1.05. The van der Waals surface area contributed by atoms with E-state index in [-0.39, 0.29) is 12.4 Å². The number of aryl methyl sites for hydroxylation is 1. The topological polar surface area (TPSA) is 33.7 Å². The Morgan fingerprint density at radius 2 is 1.95 bits per heavy atom. The average Bonchev–Trinajstić information content (AvgIpc) is 2.46. The van der Waals surface area contributed by atoms with Crippen LogP contribution in [0.3, 0.4) is 0 Å². The summed E-state index contributed by atoms with van der Waals surface area (Å²) >= 11 is 0. The standard InChI is InChI=1S/C15H24N2O2.ClH/c1-13-4-5-14(15(12-13)18-2)19-11-3-8-17-9-6-16-7-10-17;/h4-5,12,16H,3,6-11H2,1-2H3;1H. The number of ether oxygens (including phenoxy) is 2. The lowest BCUT2D eigenvalue weighted by Gasteiger charge is -2.27. The van der Waals surface area contributed by atoms with Gasteiger partial charge in [0.15, 0.2) is 11.5 Å². The van der Waals surface area contributed by atoms with Crippen LogP contribution >= 0.6 is 12.4 Å². The maximum absolute atomic E-state index is 5.81. The predicted molar refractivity (Wildman–Crippen MR) is 84.4 cm³/mol. The maximum Gasteiger partial charge on any atom is 0.161 e. The SMILES string of the molecule is COc1cc(C)ccc1OCCCN1CCNCC1.Cl. The minimum atomic E-state index is 0. The van der Waals surface area contributed by atoms with Crippen molar-refractivity contribution in [1.82, 2.24) is 10.2 Å². The summed E-state index contributed by atoms with van der Waals surface area (Å²) in [5, 5.41) is 3.36. The van der Waals surface area contributed by atoms with Crippen LogP contribution < -0.4 is 14.8 Å². The van der Waals surface area contributed by atoms with Gasteiger partial charge in [0.2, 0.25) is 0 Å². The predicted octanol–water partition coefficient (Wildman–Crippen LogP) is 2.10. The van der Waals surface area contributed by atoms with Crippen LogP contribution in [0.15, 0.2) is 18.2 Å². The molecule has 0 unspecified atom stereocenters. The number of nitrogens with one attached hydrogen (secondary N) is 1. The Hall–Kier alpha value is -0.970. The Morgan fingerprint density at radius 1 is 1.20 bits per heavy atom. The third-order valence-corrected chi connectivity index (χ3v) is 3.40. The van der Waals surface area contributed by atoms with Crippen molar-refractivity contribution in [2.45, 2.75) is 13.3 Å². The second-order valence-electron chi connectivity index (χ2n) is 4.95. The number of halogens is 1. The average molecular weight is 301 g/mol. The third kappa shape index (κ3) is 5.19. The van der Waals surface area contributed by atoms with Crippen LogP contribution in [-0.2, 0) is 0 Å². The lowest BCUT2D eigenvalue weighted by molar-refractivity contribution is 0.211. The zero-order chi connectivity index (χ0) is 13.5. The monoisotopic (exact) mass is 300 g/mol. The molecule has 1 heterocycles. The van der Waals surface area contributed by atoms with Gasteiger partial charge in [0, 0.05) is 32.7 Å². The molecule has 1 fully saturated rings. The highest BCUT2D eigenvalue weighted by Crippen LogP contribution is 2.27. The van der Waals surface area contributed by atoms with Crippen molar-refractivity contribution in [3.05, 3.63) is 23.8 Å². The molecule has 0 saturated carbocycles. The molecule has 5 heteroatoms. The molecule has 1 aromatic rings. The van der Waals surface area contributed by atoms with Gasteiger partial charge in [-0.05, 0) is 31.0 Å². The molecule has 20 heavy (non-hydrogen) atoms. The van der Waals surface area contributed by atoms with Gasteiger partial charge in [-0.3, -0.25) is 0 Å². The van der Waals surface area contributed by atoms with Gasteiger partial charge in [0.05, 0.1) is 13.7 Å². The van der Waals surface area contributed by atoms with Crippen molar-refractivity contribution >= 4 is 12.4 Å². The highest BCUT2D eigenvalue weighted by molar-refractivity contribution is 5.85. The highest BCUT2D eigenvalue weighted by atomic mass is 35.5. The summed E-state index contributed by atoms with van der Waals surface area (Å²) in [4.78, 5) is 2.48. The summed E-state index contributed by atoms with van der Waals surface area (Å²) < 4.78 is 11.1. The molecular weight excluding hydrogens is 276 g/mol. The fourth-order valence-electron chi connectivity index (χ4n) is 2.30. The molecule has 1 aliphatic rings. The number of hydrogen-bond donors (Lipinski definition) is 1. The van der Waals surface area contributed by atoms with Crippen molar-refractivity contribution < 1.29 is 9.47 Å². The van der Waals surface area contributed by atoms with E-state index in [1.165, 1.54) is 5.56 Å². The van der Waals surface area contributed by atoms with E-state index in [1.54, 1.807) is 7.11 Å². The van der Waals surface area contributed by atoms with Crippen LogP contribution in [0, 0.1) is 6.92 Å². The summed E-state index contributed by atoms with van der Waals surface area (Å²) in [5.74, 6) is 1.66. The summed E-state index contributed by atoms with van der Waals surface area (Å²) in [6.45, 7) is 8.40. The first-order chi connectivity index (χ1) is 9.29. The second kappa shape index (κ2) is 9.06. The molecule has 0 amide bonds. The first kappa shape index (κ1) is 17.1. The van der Waals surface area contributed by atoms with Gasteiger partial charge in [-0.25, -0.2) is 0 Å². The zero-order valence-electron chi connectivity index (χ0n) is 12.4. The number of methoxy groups -OCH3 is 1. The van der Waals surface area contributed by atoms with Crippen LogP contribution in [0.4, 0.5) is 0 Å². The third-order valence-electron chi connectivity index (χ3n) is 3.40. The quantitative estimate of drug-likeness (QED) is 0.816. The number of rotatable bonds is 6. The highest BCUT2D eigenvalue weighted by Gasteiger charge is 2.09. The molecule has 0 bridgehead atoms. The van der Waals surface area contributed by atoms with Crippen LogP contribution in [0.25, 0.3) is 0 Å². The van der Waals surface area contributed by atoms with E-state index in [9.17, 15) is 0 Å². The molecule has 0 radical (unpaired) electrons. The van der Waals surface area contributed by atoms with E-state index >= 15 is 0 Å². The van der Waals surface area contributed by atoms with Gasteiger partial charge in [-0.1, -0.05) is 6.07 Å². The van der Waals surface area contributed by atoms with Crippen molar-refractivity contribution in [2.24, 2.45) is 0 Å². The Kier molecular flexibility index (Phi) is 7.73. The molecule has 0 atom stereocenters. The van der Waals surface area contributed by atoms with E-state index in [1.807, 2.05) is 18.2 Å².